The second-order valence-corrected chi connectivity index (χ2v) is 17.0. The number of carbonyl (C=O) groups is 3. The number of hydrogen-bond donors (Lipinski definition) is 0. The Balaban J connectivity index is 4.42. The van der Waals surface area contributed by atoms with E-state index in [1.165, 1.54) is 89.9 Å². The summed E-state index contributed by atoms with van der Waals surface area (Å²) >= 11 is 0. The molecule has 0 radical (unpaired) electrons. The van der Waals surface area contributed by atoms with Gasteiger partial charge >= 0.3 is 11.9 Å². The number of unbranched alkanes of at least 4 members (excludes halogenated alkanes) is 16. The number of rotatable bonds is 42. The molecular formula is C52H89NO7. The van der Waals surface area contributed by atoms with Gasteiger partial charge in [0.25, 0.3) is 0 Å². The number of carbonyl (C=O) groups excluding carboxylic acids is 3. The van der Waals surface area contributed by atoms with E-state index < -0.39 is 24.1 Å². The van der Waals surface area contributed by atoms with Crippen LogP contribution in [0.4, 0.5) is 0 Å². The van der Waals surface area contributed by atoms with Crippen LogP contribution in [0.3, 0.4) is 0 Å². The van der Waals surface area contributed by atoms with Crippen LogP contribution in [0.25, 0.3) is 0 Å². The van der Waals surface area contributed by atoms with Gasteiger partial charge in [0.15, 0.2) is 6.10 Å². The third kappa shape index (κ3) is 40.2. The largest absolute Gasteiger partial charge is 0.544 e. The molecule has 0 bridgehead atoms. The predicted molar refractivity (Wildman–Crippen MR) is 249 cm³/mol. The van der Waals surface area contributed by atoms with Crippen molar-refractivity contribution in [2.45, 2.75) is 199 Å². The van der Waals surface area contributed by atoms with E-state index in [1.54, 1.807) is 21.1 Å². The van der Waals surface area contributed by atoms with Gasteiger partial charge in [0.1, 0.15) is 12.6 Å². The number of allylic oxidation sites excluding steroid dienone is 12. The van der Waals surface area contributed by atoms with Crippen LogP contribution in [0.2, 0.25) is 0 Å². The van der Waals surface area contributed by atoms with Crippen LogP contribution < -0.4 is 5.11 Å². The Hall–Kier alpha value is -3.23. The summed E-state index contributed by atoms with van der Waals surface area (Å²) in [5, 5.41) is 11.6. The van der Waals surface area contributed by atoms with E-state index in [2.05, 4.69) is 74.6 Å². The Labute approximate surface area is 368 Å². The standard InChI is InChI=1S/C52H89NO7/c1-6-8-10-12-14-16-18-20-22-24-25-27-29-31-33-35-37-39-41-43-51(55)60-48(46-58-45-44-49(52(56)57)53(3,4)5)47-59-50(54)42-40-38-36-34-32-30-28-26-23-21-19-17-15-13-11-9-7-2/h8,10,14,16,20,22,25,27,31,33,37,39,48-49H,6-7,9,11-13,15,17-19,21,23-24,26,28-30,32,34-36,38,40-47H2,1-5H3/b10-8+,16-14+,22-20+,27-25+,33-31+,39-37+. The van der Waals surface area contributed by atoms with E-state index in [1.807, 2.05) is 12.2 Å². The summed E-state index contributed by atoms with van der Waals surface area (Å²) in [6.45, 7) is 4.48. The van der Waals surface area contributed by atoms with E-state index in [0.717, 1.165) is 57.8 Å². The fourth-order valence-corrected chi connectivity index (χ4v) is 6.69. The minimum Gasteiger partial charge on any atom is -0.544 e. The molecule has 0 aromatic heterocycles. The van der Waals surface area contributed by atoms with Gasteiger partial charge in [0.2, 0.25) is 0 Å². The number of nitrogens with zero attached hydrogens (tertiary/aromatic N) is 1. The maximum Gasteiger partial charge on any atom is 0.306 e. The molecule has 0 spiro atoms. The second-order valence-electron chi connectivity index (χ2n) is 17.0. The molecule has 0 amide bonds. The number of carboxylic acids is 1. The van der Waals surface area contributed by atoms with Crippen LogP contribution in [0, 0.1) is 0 Å². The zero-order chi connectivity index (χ0) is 44.2. The minimum absolute atomic E-state index is 0.00890. The predicted octanol–water partition coefficient (Wildman–Crippen LogP) is 12.2. The average Bonchev–Trinajstić information content (AvgIpc) is 3.21. The number of likely N-dealkylation sites (N-methyl/N-ethyl adjacent to an activating group) is 1. The number of ether oxygens (including phenoxy) is 3. The third-order valence-corrected chi connectivity index (χ3v) is 10.4. The number of carboxylic acid groups (broad SMARTS) is 1. The Morgan fingerprint density at radius 3 is 1.35 bits per heavy atom. The second kappa shape index (κ2) is 42.5. The van der Waals surface area contributed by atoms with Crippen molar-refractivity contribution in [1.29, 1.82) is 0 Å². The van der Waals surface area contributed by atoms with Crippen molar-refractivity contribution in [2.75, 3.05) is 41.0 Å². The van der Waals surface area contributed by atoms with Crippen LogP contribution in [0.15, 0.2) is 72.9 Å². The molecule has 0 heterocycles. The summed E-state index contributed by atoms with van der Waals surface area (Å²) < 4.78 is 17.1. The molecule has 0 saturated heterocycles. The summed E-state index contributed by atoms with van der Waals surface area (Å²) in [5.41, 5.74) is 0. The van der Waals surface area contributed by atoms with Gasteiger partial charge in [-0.15, -0.1) is 0 Å². The van der Waals surface area contributed by atoms with Crippen LogP contribution in [0.5, 0.6) is 0 Å². The fourth-order valence-electron chi connectivity index (χ4n) is 6.69. The monoisotopic (exact) mass is 840 g/mol. The van der Waals surface area contributed by atoms with Crippen molar-refractivity contribution in [2.24, 2.45) is 0 Å². The van der Waals surface area contributed by atoms with Crippen molar-refractivity contribution in [3.8, 4) is 0 Å². The Bertz CT molecular complexity index is 1210. The summed E-state index contributed by atoms with van der Waals surface area (Å²) in [4.78, 5) is 36.9. The van der Waals surface area contributed by atoms with Crippen LogP contribution in [-0.4, -0.2) is 75.5 Å². The summed E-state index contributed by atoms with van der Waals surface area (Å²) in [6.07, 6.45) is 53.7. The van der Waals surface area contributed by atoms with Gasteiger partial charge < -0.3 is 28.6 Å². The molecule has 8 nitrogen and oxygen atoms in total. The van der Waals surface area contributed by atoms with Gasteiger partial charge in [0, 0.05) is 19.3 Å². The molecular weight excluding hydrogens is 751 g/mol. The van der Waals surface area contributed by atoms with E-state index in [0.29, 0.717) is 12.8 Å². The third-order valence-electron chi connectivity index (χ3n) is 10.4. The molecule has 0 saturated carbocycles. The van der Waals surface area contributed by atoms with Crippen molar-refractivity contribution in [3.63, 3.8) is 0 Å². The van der Waals surface area contributed by atoms with Crippen LogP contribution in [0.1, 0.15) is 187 Å². The summed E-state index contributed by atoms with van der Waals surface area (Å²) in [7, 11) is 5.38. The lowest BCUT2D eigenvalue weighted by molar-refractivity contribution is -0.889. The molecule has 344 valence electrons. The zero-order valence-corrected chi connectivity index (χ0v) is 39.1. The highest BCUT2D eigenvalue weighted by molar-refractivity contribution is 5.70. The van der Waals surface area contributed by atoms with E-state index in [9.17, 15) is 19.5 Å². The summed E-state index contributed by atoms with van der Waals surface area (Å²) in [6, 6.07) is -0.741. The molecule has 0 N–H and O–H groups in total. The molecule has 0 aliphatic rings. The highest BCUT2D eigenvalue weighted by Gasteiger charge is 2.25. The molecule has 0 aromatic carbocycles. The van der Waals surface area contributed by atoms with Crippen molar-refractivity contribution < 1.29 is 38.2 Å². The van der Waals surface area contributed by atoms with Crippen molar-refractivity contribution in [1.82, 2.24) is 0 Å². The lowest BCUT2D eigenvalue weighted by Crippen LogP contribution is -2.55. The van der Waals surface area contributed by atoms with Crippen LogP contribution in [-0.2, 0) is 28.6 Å². The van der Waals surface area contributed by atoms with E-state index in [-0.39, 0.29) is 43.1 Å². The number of aliphatic carboxylic acids is 1. The molecule has 0 aliphatic heterocycles. The molecule has 0 rings (SSSR count). The number of hydrogen-bond acceptors (Lipinski definition) is 7. The Morgan fingerprint density at radius 1 is 0.517 bits per heavy atom. The molecule has 8 heteroatoms. The summed E-state index contributed by atoms with van der Waals surface area (Å²) in [5.74, 6) is -1.84. The maximum atomic E-state index is 12.7. The van der Waals surface area contributed by atoms with Gasteiger partial charge in [-0.25, -0.2) is 0 Å². The van der Waals surface area contributed by atoms with Gasteiger partial charge in [-0.3, -0.25) is 9.59 Å². The Morgan fingerprint density at radius 2 is 0.933 bits per heavy atom. The smallest absolute Gasteiger partial charge is 0.306 e. The lowest BCUT2D eigenvalue weighted by atomic mass is 10.0. The van der Waals surface area contributed by atoms with Gasteiger partial charge in [-0.2, -0.15) is 0 Å². The molecule has 0 fully saturated rings. The zero-order valence-electron chi connectivity index (χ0n) is 39.1. The van der Waals surface area contributed by atoms with Crippen molar-refractivity contribution in [3.05, 3.63) is 72.9 Å². The first-order valence-electron chi connectivity index (χ1n) is 24.0. The van der Waals surface area contributed by atoms with Crippen molar-refractivity contribution >= 4 is 17.9 Å². The minimum atomic E-state index is -1.14. The average molecular weight is 840 g/mol. The lowest BCUT2D eigenvalue weighted by Gasteiger charge is -2.34. The maximum absolute atomic E-state index is 12.7. The topological polar surface area (TPSA) is 102 Å². The quantitative estimate of drug-likeness (QED) is 0.0261. The molecule has 2 atom stereocenters. The molecule has 0 aromatic rings. The Kier molecular flexibility index (Phi) is 40.2. The highest BCUT2D eigenvalue weighted by atomic mass is 16.6. The van der Waals surface area contributed by atoms with E-state index in [4.69, 9.17) is 14.2 Å². The SMILES string of the molecule is CC/C=C/C/C=C/C/C=C/C/C=C/C/C=C/C/C=C/CCC(=O)OC(COCCC(C(=O)[O-])[N+](C)(C)C)COC(=O)CCCCCCCCCCCCCCCCCCC. The first kappa shape index (κ1) is 56.8. The first-order valence-corrected chi connectivity index (χ1v) is 24.0. The fraction of sp³-hybridized carbons (Fsp3) is 0.712. The number of esters is 2. The van der Waals surface area contributed by atoms with Gasteiger partial charge in [-0.1, -0.05) is 189 Å². The van der Waals surface area contributed by atoms with Gasteiger partial charge in [-0.05, 0) is 51.4 Å². The normalized spacial score (nSPS) is 13.6. The van der Waals surface area contributed by atoms with Crippen LogP contribution >= 0.6 is 0 Å². The number of quaternary nitrogens is 1. The first-order chi connectivity index (χ1) is 29.1. The highest BCUT2D eigenvalue weighted by Crippen LogP contribution is 2.15. The van der Waals surface area contributed by atoms with Gasteiger partial charge in [0.05, 0.1) is 40.3 Å². The van der Waals surface area contributed by atoms with E-state index >= 15 is 0 Å². The molecule has 60 heavy (non-hydrogen) atoms. The molecule has 0 aliphatic carbocycles. The molecule has 2 unspecified atom stereocenters.